The second-order valence-electron chi connectivity index (χ2n) is 3.81. The number of carbonyl (C=O) groups is 1. The number of amides is 1. The Kier molecular flexibility index (Phi) is 4.11. The Hall–Kier alpha value is -2.12. The molecular formula is C14H12N2OS. The second kappa shape index (κ2) is 5.99. The third-order valence-corrected chi connectivity index (χ3v) is 3.41. The number of hydrogen-bond acceptors (Lipinski definition) is 3. The summed E-state index contributed by atoms with van der Waals surface area (Å²) in [7, 11) is 0. The summed E-state index contributed by atoms with van der Waals surface area (Å²) in [6.07, 6.45) is 0.296. The molecule has 90 valence electrons. The van der Waals surface area contributed by atoms with E-state index in [2.05, 4.69) is 11.4 Å². The molecule has 3 nitrogen and oxygen atoms in total. The summed E-state index contributed by atoms with van der Waals surface area (Å²) in [4.78, 5) is 12.7. The number of thiophene rings is 1. The zero-order chi connectivity index (χ0) is 12.8. The smallest absolute Gasteiger partial charge is 0.225 e. The van der Waals surface area contributed by atoms with Gasteiger partial charge in [0.25, 0.3) is 0 Å². The molecule has 0 saturated carbocycles. The third kappa shape index (κ3) is 3.19. The molecule has 0 aliphatic heterocycles. The van der Waals surface area contributed by atoms with Crippen molar-refractivity contribution in [1.29, 1.82) is 5.26 Å². The van der Waals surface area contributed by atoms with Crippen LogP contribution < -0.4 is 5.32 Å². The van der Waals surface area contributed by atoms with Gasteiger partial charge in [-0.25, -0.2) is 0 Å². The van der Waals surface area contributed by atoms with E-state index in [1.807, 2.05) is 47.8 Å². The van der Waals surface area contributed by atoms with Crippen LogP contribution in [-0.2, 0) is 11.2 Å². The Balaban J connectivity index is 1.97. The molecule has 4 heteroatoms. The van der Waals surface area contributed by atoms with Crippen molar-refractivity contribution >= 4 is 17.2 Å². The van der Waals surface area contributed by atoms with Crippen molar-refractivity contribution in [2.24, 2.45) is 0 Å². The highest BCUT2D eigenvalue weighted by atomic mass is 32.1. The topological polar surface area (TPSA) is 52.9 Å². The van der Waals surface area contributed by atoms with E-state index in [-0.39, 0.29) is 5.91 Å². The molecule has 1 amide bonds. The van der Waals surface area contributed by atoms with Crippen molar-refractivity contribution in [1.82, 2.24) is 5.32 Å². The van der Waals surface area contributed by atoms with Gasteiger partial charge in [-0.2, -0.15) is 5.26 Å². The van der Waals surface area contributed by atoms with Gasteiger partial charge < -0.3 is 5.32 Å². The highest BCUT2D eigenvalue weighted by Crippen LogP contribution is 2.18. The van der Waals surface area contributed by atoms with Crippen LogP contribution in [0.25, 0.3) is 0 Å². The van der Waals surface area contributed by atoms with Crippen LogP contribution in [0.2, 0.25) is 0 Å². The average Bonchev–Trinajstić information content (AvgIpc) is 2.91. The number of rotatable bonds is 4. The van der Waals surface area contributed by atoms with E-state index in [1.54, 1.807) is 0 Å². The minimum Gasteiger partial charge on any atom is -0.336 e. The summed E-state index contributed by atoms with van der Waals surface area (Å²) in [6.45, 7) is 0. The van der Waals surface area contributed by atoms with Crippen molar-refractivity contribution in [3.63, 3.8) is 0 Å². The number of benzene rings is 1. The van der Waals surface area contributed by atoms with Gasteiger partial charge in [0.2, 0.25) is 5.91 Å². The van der Waals surface area contributed by atoms with Gasteiger partial charge in [-0.1, -0.05) is 36.4 Å². The first kappa shape index (κ1) is 12.3. The quantitative estimate of drug-likeness (QED) is 0.914. The van der Waals surface area contributed by atoms with Gasteiger partial charge in [-0.15, -0.1) is 11.3 Å². The maximum Gasteiger partial charge on any atom is 0.225 e. The molecule has 0 radical (unpaired) electrons. The Labute approximate surface area is 110 Å². The van der Waals surface area contributed by atoms with Crippen LogP contribution >= 0.6 is 11.3 Å². The molecule has 2 rings (SSSR count). The van der Waals surface area contributed by atoms with Crippen LogP contribution in [0, 0.1) is 11.3 Å². The van der Waals surface area contributed by atoms with Gasteiger partial charge in [0.05, 0.1) is 12.5 Å². The zero-order valence-corrected chi connectivity index (χ0v) is 10.5. The standard InChI is InChI=1S/C14H12N2OS/c15-10-12(13-7-4-8-18-13)16-14(17)9-11-5-2-1-3-6-11/h1-8,12H,9H2,(H,16,17). The molecule has 0 fully saturated rings. The first-order chi connectivity index (χ1) is 8.79. The fourth-order valence-electron chi connectivity index (χ4n) is 1.62. The van der Waals surface area contributed by atoms with E-state index >= 15 is 0 Å². The summed E-state index contributed by atoms with van der Waals surface area (Å²) in [5.74, 6) is -0.138. The van der Waals surface area contributed by atoms with Crippen molar-refractivity contribution in [2.75, 3.05) is 0 Å². The summed E-state index contributed by atoms with van der Waals surface area (Å²) in [5.41, 5.74) is 0.942. The number of hydrogen-bond donors (Lipinski definition) is 1. The van der Waals surface area contributed by atoms with E-state index in [1.165, 1.54) is 11.3 Å². The molecule has 0 aliphatic carbocycles. The highest BCUT2D eigenvalue weighted by molar-refractivity contribution is 7.10. The van der Waals surface area contributed by atoms with E-state index in [9.17, 15) is 4.79 Å². The van der Waals surface area contributed by atoms with Crippen LogP contribution in [0.1, 0.15) is 16.5 Å². The predicted octanol–water partition coefficient (Wildman–Crippen LogP) is 2.67. The molecule has 0 aliphatic rings. The molecule has 1 aromatic heterocycles. The van der Waals surface area contributed by atoms with E-state index < -0.39 is 6.04 Å². The fraction of sp³-hybridized carbons (Fsp3) is 0.143. The first-order valence-corrected chi connectivity index (χ1v) is 6.44. The normalized spacial score (nSPS) is 11.5. The molecule has 0 bridgehead atoms. The lowest BCUT2D eigenvalue weighted by Crippen LogP contribution is -2.28. The van der Waals surface area contributed by atoms with E-state index in [0.29, 0.717) is 6.42 Å². The van der Waals surface area contributed by atoms with Gasteiger partial charge in [0, 0.05) is 4.88 Å². The lowest BCUT2D eigenvalue weighted by atomic mass is 10.1. The van der Waals surface area contributed by atoms with Crippen LogP contribution in [0.15, 0.2) is 47.8 Å². The summed E-state index contributed by atoms with van der Waals surface area (Å²) < 4.78 is 0. The van der Waals surface area contributed by atoms with Gasteiger partial charge in [0.1, 0.15) is 0 Å². The molecule has 1 unspecified atom stereocenters. The Morgan fingerprint density at radius 3 is 2.67 bits per heavy atom. The molecule has 1 N–H and O–H groups in total. The van der Waals surface area contributed by atoms with Gasteiger partial charge >= 0.3 is 0 Å². The Morgan fingerprint density at radius 2 is 2.06 bits per heavy atom. The summed E-state index contributed by atoms with van der Waals surface area (Å²) >= 11 is 1.47. The number of carbonyl (C=O) groups excluding carboxylic acids is 1. The maximum atomic E-state index is 11.8. The Morgan fingerprint density at radius 1 is 1.28 bits per heavy atom. The summed E-state index contributed by atoms with van der Waals surface area (Å²) in [5, 5.41) is 13.7. The van der Waals surface area contributed by atoms with Crippen LogP contribution in [0.3, 0.4) is 0 Å². The molecule has 1 heterocycles. The molecule has 1 atom stereocenters. The molecule has 2 aromatic rings. The van der Waals surface area contributed by atoms with Crippen molar-refractivity contribution < 1.29 is 4.79 Å². The molecule has 0 saturated heterocycles. The molecular weight excluding hydrogens is 244 g/mol. The average molecular weight is 256 g/mol. The number of nitrogens with one attached hydrogen (secondary N) is 1. The van der Waals surface area contributed by atoms with Gasteiger partial charge in [-0.05, 0) is 17.0 Å². The van der Waals surface area contributed by atoms with E-state index in [4.69, 9.17) is 5.26 Å². The van der Waals surface area contributed by atoms with Crippen molar-refractivity contribution in [3.8, 4) is 6.07 Å². The summed E-state index contributed by atoms with van der Waals surface area (Å²) in [6, 6.07) is 14.7. The second-order valence-corrected chi connectivity index (χ2v) is 4.79. The largest absolute Gasteiger partial charge is 0.336 e. The lowest BCUT2D eigenvalue weighted by Gasteiger charge is -2.09. The van der Waals surface area contributed by atoms with Crippen LogP contribution in [-0.4, -0.2) is 5.91 Å². The fourth-order valence-corrected chi connectivity index (χ4v) is 2.33. The molecule has 18 heavy (non-hydrogen) atoms. The van der Waals surface area contributed by atoms with Crippen LogP contribution in [0.4, 0.5) is 0 Å². The predicted molar refractivity (Wildman–Crippen MR) is 71.0 cm³/mol. The maximum absolute atomic E-state index is 11.8. The van der Waals surface area contributed by atoms with Crippen LogP contribution in [0.5, 0.6) is 0 Å². The van der Waals surface area contributed by atoms with Crippen molar-refractivity contribution in [3.05, 3.63) is 58.3 Å². The number of nitriles is 1. The lowest BCUT2D eigenvalue weighted by molar-refractivity contribution is -0.120. The number of nitrogens with zero attached hydrogens (tertiary/aromatic N) is 1. The van der Waals surface area contributed by atoms with Gasteiger partial charge in [-0.3, -0.25) is 4.79 Å². The monoisotopic (exact) mass is 256 g/mol. The third-order valence-electron chi connectivity index (χ3n) is 2.47. The Bertz CT molecular complexity index is 543. The SMILES string of the molecule is N#CC(NC(=O)Cc1ccccc1)c1cccs1. The minimum absolute atomic E-state index is 0.138. The molecule has 0 spiro atoms. The first-order valence-electron chi connectivity index (χ1n) is 5.56. The minimum atomic E-state index is -0.554. The van der Waals surface area contributed by atoms with Gasteiger partial charge in [0.15, 0.2) is 6.04 Å². The molecule has 1 aromatic carbocycles. The zero-order valence-electron chi connectivity index (χ0n) is 9.67. The highest BCUT2D eigenvalue weighted by Gasteiger charge is 2.14. The van der Waals surface area contributed by atoms with Crippen molar-refractivity contribution in [2.45, 2.75) is 12.5 Å². The van der Waals surface area contributed by atoms with E-state index in [0.717, 1.165) is 10.4 Å².